The first-order valence-electron chi connectivity index (χ1n) is 39.8. The van der Waals surface area contributed by atoms with Crippen LogP contribution in [-0.4, -0.2) is 96.7 Å². The van der Waals surface area contributed by atoms with Gasteiger partial charge in [0.15, 0.2) is 12.2 Å². The monoisotopic (exact) mass is 1470 g/mol. The van der Waals surface area contributed by atoms with Crippen molar-refractivity contribution in [1.82, 2.24) is 0 Å². The molecule has 0 aromatic heterocycles. The molecule has 0 radical (unpaired) electrons. The van der Waals surface area contributed by atoms with Crippen LogP contribution in [0.5, 0.6) is 0 Å². The molecule has 17 nitrogen and oxygen atoms in total. The average Bonchev–Trinajstić information content (AvgIpc) is 0.908. The number of aliphatic hydroxyl groups is 1. The number of hydrogen-bond acceptors (Lipinski definition) is 15. The summed E-state index contributed by atoms with van der Waals surface area (Å²) in [6.07, 6.45) is 81.9. The lowest BCUT2D eigenvalue weighted by atomic mass is 10.1. The van der Waals surface area contributed by atoms with Crippen LogP contribution in [0, 0.1) is 0 Å². The van der Waals surface area contributed by atoms with E-state index in [1.54, 1.807) is 0 Å². The number of unbranched alkanes of at least 4 members (excludes halogenated alkanes) is 28. The van der Waals surface area contributed by atoms with Crippen LogP contribution >= 0.6 is 15.6 Å². The van der Waals surface area contributed by atoms with E-state index < -0.39 is 97.5 Å². The Kier molecular flexibility index (Phi) is 71.4. The summed E-state index contributed by atoms with van der Waals surface area (Å²) in [6.45, 7) is 4.67. The number of aliphatic hydroxyl groups excluding tert-OH is 1. The van der Waals surface area contributed by atoms with Crippen LogP contribution in [-0.2, 0) is 65.4 Å². The van der Waals surface area contributed by atoms with Gasteiger partial charge in [0.2, 0.25) is 0 Å². The molecule has 3 N–H and O–H groups in total. The smallest absolute Gasteiger partial charge is 0.462 e. The number of ether oxygens (including phenoxy) is 4. The Morgan fingerprint density at radius 3 is 0.804 bits per heavy atom. The summed E-state index contributed by atoms with van der Waals surface area (Å²) in [5.74, 6) is -2.32. The van der Waals surface area contributed by atoms with Gasteiger partial charge >= 0.3 is 39.5 Å². The first-order chi connectivity index (χ1) is 49.7. The van der Waals surface area contributed by atoms with E-state index in [0.717, 1.165) is 128 Å². The summed E-state index contributed by atoms with van der Waals surface area (Å²) in [7, 11) is -9.99. The maximum atomic E-state index is 13.1. The Balaban J connectivity index is 5.45. The van der Waals surface area contributed by atoms with Crippen molar-refractivity contribution in [2.24, 2.45) is 0 Å². The minimum atomic E-state index is -5.00. The molecule has 0 aromatic carbocycles. The Hall–Kier alpha value is -4.54. The highest BCUT2D eigenvalue weighted by Crippen LogP contribution is 2.45. The van der Waals surface area contributed by atoms with Gasteiger partial charge in [-0.2, -0.15) is 0 Å². The van der Waals surface area contributed by atoms with E-state index in [-0.39, 0.29) is 25.7 Å². The van der Waals surface area contributed by atoms with E-state index in [2.05, 4.69) is 125 Å². The lowest BCUT2D eigenvalue weighted by Crippen LogP contribution is -2.30. The fourth-order valence-corrected chi connectivity index (χ4v) is 11.8. The average molecular weight is 1470 g/mol. The molecule has 0 bridgehead atoms. The molecule has 0 spiro atoms. The zero-order chi connectivity index (χ0) is 74.6. The number of rotatable bonds is 74. The SMILES string of the molecule is CCCCC/C=C\C/C=C\C/C=C\C/C=C\CCCC(=O)OC[C@H](COP(=O)(O)OC[C@H](O)COP(=O)(O)OC[C@@H](COC(=O)CCC/C=C\C/C=C\C/C=C\C/C=C\CCCCC)OC(=O)CCCCCCC/C=C\CCCCCCCC)OC(=O)CCCCCCC/C=C\CCCCCC. The van der Waals surface area contributed by atoms with Gasteiger partial charge in [-0.15, -0.1) is 0 Å². The van der Waals surface area contributed by atoms with Crippen LogP contribution in [0.2, 0.25) is 0 Å². The molecule has 5 atom stereocenters. The van der Waals surface area contributed by atoms with Crippen molar-refractivity contribution in [2.45, 2.75) is 341 Å². The molecule has 0 fully saturated rings. The second-order valence-corrected chi connectivity index (χ2v) is 29.2. The number of carbonyl (C=O) groups excluding carboxylic acids is 4. The maximum absolute atomic E-state index is 13.1. The quantitative estimate of drug-likeness (QED) is 0.0169. The van der Waals surface area contributed by atoms with Gasteiger partial charge in [0.25, 0.3) is 0 Å². The lowest BCUT2D eigenvalue weighted by molar-refractivity contribution is -0.161. The number of esters is 4. The zero-order valence-corrected chi connectivity index (χ0v) is 65.8. The molecule has 0 aliphatic rings. The summed E-state index contributed by atoms with van der Waals surface area (Å²) in [5, 5.41) is 10.6. The third kappa shape index (κ3) is 73.8. The molecule has 0 amide bonds. The molecule has 102 heavy (non-hydrogen) atoms. The number of hydrogen-bond donors (Lipinski definition) is 3. The van der Waals surface area contributed by atoms with Crippen molar-refractivity contribution in [2.75, 3.05) is 39.6 Å². The van der Waals surface area contributed by atoms with Crippen LogP contribution in [0.25, 0.3) is 0 Å². The molecule has 2 unspecified atom stereocenters. The number of carbonyl (C=O) groups is 4. The molecule has 0 saturated heterocycles. The summed E-state index contributed by atoms with van der Waals surface area (Å²) >= 11 is 0. The molecule has 0 saturated carbocycles. The van der Waals surface area contributed by atoms with Crippen LogP contribution in [0.4, 0.5) is 0 Å². The summed E-state index contributed by atoms with van der Waals surface area (Å²) < 4.78 is 68.4. The second-order valence-electron chi connectivity index (χ2n) is 26.3. The van der Waals surface area contributed by atoms with Crippen molar-refractivity contribution in [1.29, 1.82) is 0 Å². The highest BCUT2D eigenvalue weighted by molar-refractivity contribution is 7.47. The van der Waals surface area contributed by atoms with Crippen molar-refractivity contribution in [3.8, 4) is 0 Å². The van der Waals surface area contributed by atoms with Gasteiger partial charge < -0.3 is 33.8 Å². The molecule has 0 aliphatic heterocycles. The molecule has 0 heterocycles. The van der Waals surface area contributed by atoms with Gasteiger partial charge in [-0.25, -0.2) is 9.13 Å². The molecular formula is C83H142O17P2. The van der Waals surface area contributed by atoms with Gasteiger partial charge in [0.1, 0.15) is 19.3 Å². The van der Waals surface area contributed by atoms with E-state index in [4.69, 9.17) is 37.0 Å². The maximum Gasteiger partial charge on any atom is 0.472 e. The van der Waals surface area contributed by atoms with Crippen LogP contribution in [0.1, 0.15) is 323 Å². The predicted molar refractivity (Wildman–Crippen MR) is 418 cm³/mol. The van der Waals surface area contributed by atoms with Gasteiger partial charge in [-0.1, -0.05) is 265 Å². The highest BCUT2D eigenvalue weighted by Gasteiger charge is 2.30. The van der Waals surface area contributed by atoms with Crippen molar-refractivity contribution < 1.29 is 80.2 Å². The third-order valence-electron chi connectivity index (χ3n) is 16.4. The summed E-state index contributed by atoms with van der Waals surface area (Å²) in [6, 6.07) is 0. The molecule has 0 aliphatic carbocycles. The van der Waals surface area contributed by atoms with Crippen molar-refractivity contribution in [3.63, 3.8) is 0 Å². The summed E-state index contributed by atoms with van der Waals surface area (Å²) in [4.78, 5) is 72.9. The first kappa shape index (κ1) is 97.5. The van der Waals surface area contributed by atoms with Crippen LogP contribution in [0.15, 0.2) is 122 Å². The largest absolute Gasteiger partial charge is 0.472 e. The standard InChI is InChI=1S/C83H142O17P2/c1-5-9-13-17-21-25-29-33-36-38-41-44-47-51-55-59-63-67-80(85)93-73-78(99-82(87)69-65-61-57-53-49-43-32-28-24-20-16-12-8-4)75-97-101(89,90)95-71-77(84)72-96-102(91,92)98-76-79(100-83(88)70-66-62-58-54-50-46-40-35-31-27-23-19-15-11-7-3)74-94-81(86)68-64-60-56-52-48-45-42-39-37-34-30-26-22-18-14-10-6-2/h21-22,25-26,28,32-37,40-42,44-45,51-52,55-56,77-79,84H,5-20,23-24,27,29-31,38-39,43,46-50,53-54,57-76H2,1-4H3,(H,89,90)(H,91,92)/b25-21-,26-22-,32-28-,36-33-,37-34-,40-35-,44-41-,45-42-,55-51-,56-52-/t77-,78+,79+/m0/s1. The first-order valence-corrected chi connectivity index (χ1v) is 42.8. The van der Waals surface area contributed by atoms with Gasteiger partial charge in [-0.05, 0) is 154 Å². The van der Waals surface area contributed by atoms with Gasteiger partial charge in [0.05, 0.1) is 26.4 Å². The van der Waals surface area contributed by atoms with E-state index in [9.17, 15) is 43.2 Å². The number of phosphoric ester groups is 2. The van der Waals surface area contributed by atoms with Crippen LogP contribution < -0.4 is 0 Å². The fourth-order valence-electron chi connectivity index (χ4n) is 10.3. The molecule has 0 rings (SSSR count). The minimum absolute atomic E-state index is 0.0702. The van der Waals surface area contributed by atoms with Gasteiger partial charge in [-0.3, -0.25) is 37.3 Å². The predicted octanol–water partition coefficient (Wildman–Crippen LogP) is 23.1. The second kappa shape index (κ2) is 74.7. The number of allylic oxidation sites excluding steroid dienone is 20. The van der Waals surface area contributed by atoms with Crippen LogP contribution in [0.3, 0.4) is 0 Å². The zero-order valence-electron chi connectivity index (χ0n) is 64.0. The molecule has 19 heteroatoms. The number of phosphoric acid groups is 2. The van der Waals surface area contributed by atoms with Gasteiger partial charge in [0, 0.05) is 25.7 Å². The van der Waals surface area contributed by atoms with E-state index in [1.165, 1.54) is 103 Å². The van der Waals surface area contributed by atoms with Crippen molar-refractivity contribution in [3.05, 3.63) is 122 Å². The topological polar surface area (TPSA) is 237 Å². The van der Waals surface area contributed by atoms with E-state index in [0.29, 0.717) is 38.5 Å². The highest BCUT2D eigenvalue weighted by atomic mass is 31.2. The van der Waals surface area contributed by atoms with E-state index >= 15 is 0 Å². The molecule has 0 aromatic rings. The normalized spacial score (nSPS) is 14.5. The third-order valence-corrected chi connectivity index (χ3v) is 18.3. The Labute approximate surface area is 619 Å². The fraction of sp³-hybridized carbons (Fsp3) is 0.711. The summed E-state index contributed by atoms with van der Waals surface area (Å²) in [5.41, 5.74) is 0. The minimum Gasteiger partial charge on any atom is -0.462 e. The Morgan fingerprint density at radius 2 is 0.490 bits per heavy atom. The Morgan fingerprint density at radius 1 is 0.275 bits per heavy atom. The lowest BCUT2D eigenvalue weighted by Gasteiger charge is -2.21. The van der Waals surface area contributed by atoms with E-state index in [1.807, 2.05) is 24.3 Å². The Bertz CT molecular complexity index is 2410. The van der Waals surface area contributed by atoms with Crippen molar-refractivity contribution >= 4 is 39.5 Å². The molecular weight excluding hydrogens is 1330 g/mol. The molecule has 586 valence electrons.